The minimum absolute atomic E-state index is 0.572. The molecule has 0 bridgehead atoms. The molecule has 0 aliphatic rings. The van der Waals surface area contributed by atoms with Gasteiger partial charge in [0.25, 0.3) is 0 Å². The number of benzene rings is 2. The van der Waals surface area contributed by atoms with Crippen LogP contribution in [0, 0.1) is 0 Å². The van der Waals surface area contributed by atoms with E-state index >= 15 is 0 Å². The van der Waals surface area contributed by atoms with E-state index in [9.17, 15) is 0 Å². The van der Waals surface area contributed by atoms with Crippen LogP contribution >= 0.6 is 0 Å². The summed E-state index contributed by atoms with van der Waals surface area (Å²) < 4.78 is 16.2. The van der Waals surface area contributed by atoms with Crippen LogP contribution in [0.25, 0.3) is 0 Å². The lowest BCUT2D eigenvalue weighted by Gasteiger charge is -2.15. The molecule has 0 unspecified atom stereocenters. The maximum Gasteiger partial charge on any atom is 0.195 e. The largest absolute Gasteiger partial charge is 0.493 e. The maximum atomic E-state index is 5.62. The molecule has 0 radical (unpaired) electrons. The molecule has 140 valence electrons. The predicted molar refractivity (Wildman–Crippen MR) is 105 cm³/mol. The van der Waals surface area contributed by atoms with Crippen LogP contribution in [-0.2, 0) is 17.9 Å². The molecule has 2 N–H and O–H groups in total. The molecule has 0 saturated heterocycles. The zero-order valence-electron chi connectivity index (χ0n) is 15.8. The summed E-state index contributed by atoms with van der Waals surface area (Å²) in [6.45, 7) is 3.74. The molecular weight excluding hydrogens is 330 g/mol. The molecule has 0 fully saturated rings. The summed E-state index contributed by atoms with van der Waals surface area (Å²) in [5.41, 5.74) is 3.19. The lowest BCUT2D eigenvalue weighted by atomic mass is 10.1. The molecule has 2 aromatic rings. The van der Waals surface area contributed by atoms with Gasteiger partial charge in [-0.25, -0.2) is 0 Å². The molecule has 2 rings (SSSR count). The summed E-state index contributed by atoms with van der Waals surface area (Å²) in [5.74, 6) is 2.07. The van der Waals surface area contributed by atoms with Crippen LogP contribution in [0.3, 0.4) is 0 Å². The minimum Gasteiger partial charge on any atom is -0.493 e. The number of nitrogens with one attached hydrogen (secondary N) is 2. The number of ether oxygens (including phenoxy) is 3. The summed E-state index contributed by atoms with van der Waals surface area (Å²) >= 11 is 0. The standard InChI is InChI=1S/C20H27N3O3/c1-5-26-19-12-17(10-11-18(19)25-4)23-20(21-2)22-13-15-8-6-7-9-16(15)14-24-3/h6-12H,5,13-14H2,1-4H3,(H2,21,22,23). The van der Waals surface area contributed by atoms with Gasteiger partial charge in [0.1, 0.15) is 0 Å². The maximum absolute atomic E-state index is 5.62. The van der Waals surface area contributed by atoms with Crippen molar-refractivity contribution in [1.29, 1.82) is 0 Å². The number of nitrogens with zero attached hydrogens (tertiary/aromatic N) is 1. The van der Waals surface area contributed by atoms with Crippen molar-refractivity contribution >= 4 is 11.6 Å². The molecule has 6 heteroatoms. The fourth-order valence-electron chi connectivity index (χ4n) is 2.54. The van der Waals surface area contributed by atoms with Crippen molar-refractivity contribution < 1.29 is 14.2 Å². The van der Waals surface area contributed by atoms with E-state index in [0.29, 0.717) is 37.2 Å². The van der Waals surface area contributed by atoms with Gasteiger partial charge in [0.15, 0.2) is 17.5 Å². The van der Waals surface area contributed by atoms with Crippen LogP contribution in [0.15, 0.2) is 47.5 Å². The third-order valence-electron chi connectivity index (χ3n) is 3.81. The summed E-state index contributed by atoms with van der Waals surface area (Å²) in [6, 6.07) is 13.9. The SMILES string of the molecule is CCOc1cc(NC(=NC)NCc2ccccc2COC)ccc1OC. The zero-order chi connectivity index (χ0) is 18.8. The van der Waals surface area contributed by atoms with E-state index in [0.717, 1.165) is 11.3 Å². The lowest BCUT2D eigenvalue weighted by Crippen LogP contribution is -2.30. The van der Waals surface area contributed by atoms with Gasteiger partial charge in [0.05, 0.1) is 20.3 Å². The van der Waals surface area contributed by atoms with E-state index in [1.807, 2.05) is 37.3 Å². The summed E-state index contributed by atoms with van der Waals surface area (Å²) in [4.78, 5) is 4.28. The second kappa shape index (κ2) is 10.3. The van der Waals surface area contributed by atoms with Gasteiger partial charge in [0, 0.05) is 32.5 Å². The highest BCUT2D eigenvalue weighted by atomic mass is 16.5. The van der Waals surface area contributed by atoms with Gasteiger partial charge in [-0.3, -0.25) is 4.99 Å². The fraction of sp³-hybridized carbons (Fsp3) is 0.350. The van der Waals surface area contributed by atoms with Gasteiger partial charge in [-0.05, 0) is 30.2 Å². The molecule has 2 aromatic carbocycles. The lowest BCUT2D eigenvalue weighted by molar-refractivity contribution is 0.184. The number of rotatable bonds is 8. The highest BCUT2D eigenvalue weighted by Gasteiger charge is 2.08. The molecule has 0 heterocycles. The number of aliphatic imine (C=N–C) groups is 1. The average molecular weight is 357 g/mol. The number of hydrogen-bond donors (Lipinski definition) is 2. The van der Waals surface area contributed by atoms with Crippen LogP contribution < -0.4 is 20.1 Å². The van der Waals surface area contributed by atoms with Gasteiger partial charge in [-0.15, -0.1) is 0 Å². The van der Waals surface area contributed by atoms with Crippen molar-refractivity contribution in [3.05, 3.63) is 53.6 Å². The quantitative estimate of drug-likeness (QED) is 0.560. The van der Waals surface area contributed by atoms with Crippen molar-refractivity contribution in [2.75, 3.05) is 33.2 Å². The second-order valence-corrected chi connectivity index (χ2v) is 5.55. The summed E-state index contributed by atoms with van der Waals surface area (Å²) in [5, 5.41) is 6.60. The Hall–Kier alpha value is -2.73. The van der Waals surface area contributed by atoms with Crippen molar-refractivity contribution in [3.63, 3.8) is 0 Å². The average Bonchev–Trinajstić information content (AvgIpc) is 2.67. The smallest absolute Gasteiger partial charge is 0.195 e. The first-order chi connectivity index (χ1) is 12.7. The van der Waals surface area contributed by atoms with E-state index in [2.05, 4.69) is 27.8 Å². The Morgan fingerprint density at radius 2 is 1.81 bits per heavy atom. The molecule has 0 aliphatic carbocycles. The Morgan fingerprint density at radius 3 is 2.46 bits per heavy atom. The molecular formula is C20H27N3O3. The van der Waals surface area contributed by atoms with Crippen molar-refractivity contribution in [3.8, 4) is 11.5 Å². The van der Waals surface area contributed by atoms with Crippen molar-refractivity contribution in [1.82, 2.24) is 5.32 Å². The Morgan fingerprint density at radius 1 is 1.04 bits per heavy atom. The van der Waals surface area contributed by atoms with E-state index in [-0.39, 0.29) is 0 Å². The molecule has 0 atom stereocenters. The Labute approximate surface area is 155 Å². The van der Waals surface area contributed by atoms with E-state index < -0.39 is 0 Å². The fourth-order valence-corrected chi connectivity index (χ4v) is 2.54. The first-order valence-corrected chi connectivity index (χ1v) is 8.56. The highest BCUT2D eigenvalue weighted by molar-refractivity contribution is 5.93. The van der Waals surface area contributed by atoms with Crippen LogP contribution in [0.5, 0.6) is 11.5 Å². The van der Waals surface area contributed by atoms with E-state index in [1.165, 1.54) is 5.56 Å². The first-order valence-electron chi connectivity index (χ1n) is 8.56. The Bertz CT molecular complexity index is 732. The van der Waals surface area contributed by atoms with Gasteiger partial charge >= 0.3 is 0 Å². The Kier molecular flexibility index (Phi) is 7.76. The number of guanidine groups is 1. The van der Waals surface area contributed by atoms with Crippen LogP contribution in [0.4, 0.5) is 5.69 Å². The number of methoxy groups -OCH3 is 2. The molecule has 26 heavy (non-hydrogen) atoms. The summed E-state index contributed by atoms with van der Waals surface area (Å²) in [6.07, 6.45) is 0. The van der Waals surface area contributed by atoms with E-state index in [1.54, 1.807) is 21.3 Å². The van der Waals surface area contributed by atoms with Gasteiger partial charge in [0.2, 0.25) is 0 Å². The second-order valence-electron chi connectivity index (χ2n) is 5.55. The molecule has 0 spiro atoms. The zero-order valence-corrected chi connectivity index (χ0v) is 15.8. The van der Waals surface area contributed by atoms with Crippen molar-refractivity contribution in [2.24, 2.45) is 4.99 Å². The molecule has 0 aromatic heterocycles. The van der Waals surface area contributed by atoms with Crippen LogP contribution in [0.2, 0.25) is 0 Å². The number of anilines is 1. The third kappa shape index (κ3) is 5.39. The van der Waals surface area contributed by atoms with Crippen LogP contribution in [-0.4, -0.2) is 33.8 Å². The summed E-state index contributed by atoms with van der Waals surface area (Å²) in [7, 11) is 5.07. The third-order valence-corrected chi connectivity index (χ3v) is 3.81. The molecule has 0 aliphatic heterocycles. The van der Waals surface area contributed by atoms with Crippen molar-refractivity contribution in [2.45, 2.75) is 20.1 Å². The predicted octanol–water partition coefficient (Wildman–Crippen LogP) is 3.43. The van der Waals surface area contributed by atoms with Gasteiger partial charge < -0.3 is 24.8 Å². The first kappa shape index (κ1) is 19.6. The van der Waals surface area contributed by atoms with Gasteiger partial charge in [-0.1, -0.05) is 24.3 Å². The highest BCUT2D eigenvalue weighted by Crippen LogP contribution is 2.30. The molecule has 6 nitrogen and oxygen atoms in total. The molecule has 0 amide bonds. The normalized spacial score (nSPS) is 11.2. The van der Waals surface area contributed by atoms with Gasteiger partial charge in [-0.2, -0.15) is 0 Å². The monoisotopic (exact) mass is 357 g/mol. The number of hydrogen-bond acceptors (Lipinski definition) is 4. The van der Waals surface area contributed by atoms with E-state index in [4.69, 9.17) is 14.2 Å². The topological polar surface area (TPSA) is 64.1 Å². The minimum atomic E-state index is 0.572. The molecule has 0 saturated carbocycles. The Balaban J connectivity index is 2.05. The van der Waals surface area contributed by atoms with Crippen LogP contribution in [0.1, 0.15) is 18.1 Å².